The Kier molecular flexibility index (Phi) is 6.09. The lowest BCUT2D eigenvalue weighted by molar-refractivity contribution is 0.100. The summed E-state index contributed by atoms with van der Waals surface area (Å²) in [5.41, 5.74) is 8.09. The van der Waals surface area contributed by atoms with Crippen LogP contribution in [0.4, 0.5) is 5.69 Å². The number of carbonyl (C=O) groups is 1. The molecular formula is C20H22BrClN2O2. The molecule has 2 aromatic rings. The first-order valence-corrected chi connectivity index (χ1v) is 9.92. The number of carbonyl (C=O) groups excluding carboxylic acids is 1. The number of benzene rings is 2. The highest BCUT2D eigenvalue weighted by Crippen LogP contribution is 2.36. The molecule has 0 aromatic heterocycles. The second-order valence-electron chi connectivity index (χ2n) is 6.49. The van der Waals surface area contributed by atoms with Gasteiger partial charge in [0.05, 0.1) is 23.4 Å². The minimum Gasteiger partial charge on any atom is -0.495 e. The fourth-order valence-electron chi connectivity index (χ4n) is 3.56. The van der Waals surface area contributed by atoms with Crippen LogP contribution in [0.15, 0.2) is 42.5 Å². The molecule has 1 aliphatic rings. The molecule has 4 nitrogen and oxygen atoms in total. The van der Waals surface area contributed by atoms with Crippen LogP contribution < -0.4 is 15.4 Å². The summed E-state index contributed by atoms with van der Waals surface area (Å²) in [6, 6.07) is 13.6. The quantitative estimate of drug-likeness (QED) is 0.662. The first-order chi connectivity index (χ1) is 12.5. The number of methoxy groups -OCH3 is 1. The molecule has 0 radical (unpaired) electrons. The molecule has 0 spiro atoms. The Balaban J connectivity index is 1.99. The number of alkyl halides is 1. The number of halogens is 2. The Bertz CT molecular complexity index is 799. The lowest BCUT2D eigenvalue weighted by Gasteiger charge is -2.34. The van der Waals surface area contributed by atoms with Gasteiger partial charge in [-0.2, -0.15) is 0 Å². The van der Waals surface area contributed by atoms with Gasteiger partial charge >= 0.3 is 0 Å². The van der Waals surface area contributed by atoms with E-state index in [9.17, 15) is 4.79 Å². The highest BCUT2D eigenvalue weighted by molar-refractivity contribution is 9.09. The Hall–Kier alpha value is -1.72. The number of nitrogens with zero attached hydrogens (tertiary/aromatic N) is 1. The smallest absolute Gasteiger partial charge is 0.250 e. The van der Waals surface area contributed by atoms with Crippen LogP contribution in [0, 0.1) is 0 Å². The molecule has 0 aliphatic heterocycles. The van der Waals surface area contributed by atoms with Crippen molar-refractivity contribution >= 4 is 39.1 Å². The summed E-state index contributed by atoms with van der Waals surface area (Å²) >= 11 is 10.1. The number of ether oxygens (including phenoxy) is 1. The number of nitrogens with two attached hydrogens (primary N) is 1. The van der Waals surface area contributed by atoms with E-state index in [0.717, 1.165) is 30.5 Å². The monoisotopic (exact) mass is 436 g/mol. The molecule has 1 aliphatic carbocycles. The van der Waals surface area contributed by atoms with Gasteiger partial charge in [-0.05, 0) is 42.7 Å². The molecule has 1 saturated carbocycles. The standard InChI is InChI=1S/C20H22BrClN2O2/c1-26-19-10-9-13(11-16(19)22)12-24(18-8-4-6-15(18)21)17-7-3-2-5-14(17)20(23)25/h2-3,5,7,9-11,15,18H,4,6,8,12H2,1H3,(H2,23,25). The first-order valence-electron chi connectivity index (χ1n) is 8.63. The van der Waals surface area contributed by atoms with Crippen LogP contribution in [0.3, 0.4) is 0 Å². The minimum atomic E-state index is -0.414. The van der Waals surface area contributed by atoms with Gasteiger partial charge in [-0.3, -0.25) is 4.79 Å². The van der Waals surface area contributed by atoms with Crippen LogP contribution in [0.25, 0.3) is 0 Å². The second-order valence-corrected chi connectivity index (χ2v) is 8.08. The van der Waals surface area contributed by atoms with Gasteiger partial charge in [-0.25, -0.2) is 0 Å². The average molecular weight is 438 g/mol. The average Bonchev–Trinajstić information content (AvgIpc) is 3.05. The highest BCUT2D eigenvalue weighted by Gasteiger charge is 2.32. The van der Waals surface area contributed by atoms with Gasteiger partial charge in [0, 0.05) is 17.4 Å². The van der Waals surface area contributed by atoms with Crippen molar-refractivity contribution in [3.63, 3.8) is 0 Å². The first kappa shape index (κ1) is 19.1. The molecule has 2 N–H and O–H groups in total. The molecule has 0 bridgehead atoms. The topological polar surface area (TPSA) is 55.6 Å². The van der Waals surface area contributed by atoms with Crippen molar-refractivity contribution in [2.45, 2.75) is 36.7 Å². The summed E-state index contributed by atoms with van der Waals surface area (Å²) in [7, 11) is 1.60. The van der Waals surface area contributed by atoms with Gasteiger partial charge in [-0.1, -0.05) is 52.2 Å². The summed E-state index contributed by atoms with van der Waals surface area (Å²) in [5, 5.41) is 0.579. The molecule has 1 fully saturated rings. The third-order valence-corrected chi connectivity index (χ3v) is 6.21. The third kappa shape index (κ3) is 3.99. The van der Waals surface area contributed by atoms with Crippen molar-refractivity contribution in [2.75, 3.05) is 12.0 Å². The number of hydrogen-bond donors (Lipinski definition) is 1. The number of hydrogen-bond acceptors (Lipinski definition) is 3. The minimum absolute atomic E-state index is 0.288. The zero-order valence-electron chi connectivity index (χ0n) is 14.6. The highest BCUT2D eigenvalue weighted by atomic mass is 79.9. The van der Waals surface area contributed by atoms with Crippen LogP contribution in [0.1, 0.15) is 35.2 Å². The predicted octanol–water partition coefficient (Wildman–Crippen LogP) is 4.77. The lowest BCUT2D eigenvalue weighted by Crippen LogP contribution is -2.39. The molecule has 138 valence electrons. The maximum atomic E-state index is 12.0. The van der Waals surface area contributed by atoms with Crippen molar-refractivity contribution in [1.29, 1.82) is 0 Å². The summed E-state index contributed by atoms with van der Waals surface area (Å²) in [6.45, 7) is 0.640. The molecule has 2 atom stereocenters. The van der Waals surface area contributed by atoms with Crippen LogP contribution in [-0.2, 0) is 6.54 Å². The van der Waals surface area contributed by atoms with E-state index in [1.54, 1.807) is 13.2 Å². The number of anilines is 1. The molecule has 2 aromatic carbocycles. The Morgan fingerprint density at radius 3 is 2.69 bits per heavy atom. The number of primary amides is 1. The van der Waals surface area contributed by atoms with Gasteiger partial charge in [0.15, 0.2) is 0 Å². The molecule has 3 rings (SSSR count). The van der Waals surface area contributed by atoms with Gasteiger partial charge < -0.3 is 15.4 Å². The normalized spacial score (nSPS) is 19.3. The van der Waals surface area contributed by atoms with E-state index in [-0.39, 0.29) is 6.04 Å². The number of amides is 1. The van der Waals surface area contributed by atoms with Crippen LogP contribution >= 0.6 is 27.5 Å². The maximum Gasteiger partial charge on any atom is 0.250 e. The third-order valence-electron chi connectivity index (χ3n) is 4.85. The Morgan fingerprint density at radius 1 is 1.31 bits per heavy atom. The number of para-hydroxylation sites is 1. The van der Waals surface area contributed by atoms with Gasteiger partial charge in [0.1, 0.15) is 5.75 Å². The summed E-state index contributed by atoms with van der Waals surface area (Å²) < 4.78 is 5.24. The van der Waals surface area contributed by atoms with Crippen LogP contribution in [0.5, 0.6) is 5.75 Å². The number of rotatable bonds is 6. The SMILES string of the molecule is COc1ccc(CN(c2ccccc2C(N)=O)C2CCCC2Br)cc1Cl. The molecule has 0 heterocycles. The molecular weight excluding hydrogens is 416 g/mol. The van der Waals surface area contributed by atoms with Crippen molar-refractivity contribution in [3.05, 3.63) is 58.6 Å². The van der Waals surface area contributed by atoms with E-state index >= 15 is 0 Å². The summed E-state index contributed by atoms with van der Waals surface area (Å²) in [4.78, 5) is 14.6. The fourth-order valence-corrected chi connectivity index (χ4v) is 4.72. The van der Waals surface area contributed by atoms with E-state index in [4.69, 9.17) is 22.1 Å². The van der Waals surface area contributed by atoms with Crippen molar-refractivity contribution in [2.24, 2.45) is 5.73 Å². The zero-order chi connectivity index (χ0) is 18.7. The predicted molar refractivity (Wildman–Crippen MR) is 110 cm³/mol. The Morgan fingerprint density at radius 2 is 2.08 bits per heavy atom. The Labute approximate surface area is 167 Å². The molecule has 1 amide bonds. The maximum absolute atomic E-state index is 12.0. The van der Waals surface area contributed by atoms with Gasteiger partial charge in [0.25, 0.3) is 5.91 Å². The van der Waals surface area contributed by atoms with Crippen molar-refractivity contribution in [1.82, 2.24) is 0 Å². The van der Waals surface area contributed by atoms with E-state index < -0.39 is 5.91 Å². The van der Waals surface area contributed by atoms with E-state index in [1.807, 2.05) is 36.4 Å². The lowest BCUT2D eigenvalue weighted by atomic mass is 10.1. The fraction of sp³-hybridized carbons (Fsp3) is 0.350. The van der Waals surface area contributed by atoms with Gasteiger partial charge in [0.2, 0.25) is 0 Å². The summed E-state index contributed by atoms with van der Waals surface area (Å²) in [6.07, 6.45) is 3.33. The van der Waals surface area contributed by atoms with Gasteiger partial charge in [-0.15, -0.1) is 0 Å². The molecule has 2 unspecified atom stereocenters. The van der Waals surface area contributed by atoms with E-state index in [0.29, 0.717) is 27.7 Å². The van der Waals surface area contributed by atoms with Crippen molar-refractivity contribution < 1.29 is 9.53 Å². The molecule has 0 saturated heterocycles. The second kappa shape index (κ2) is 8.31. The zero-order valence-corrected chi connectivity index (χ0v) is 17.0. The van der Waals surface area contributed by atoms with E-state index in [1.165, 1.54) is 0 Å². The molecule has 6 heteroatoms. The van der Waals surface area contributed by atoms with Crippen LogP contribution in [0.2, 0.25) is 5.02 Å². The summed E-state index contributed by atoms with van der Waals surface area (Å²) in [5.74, 6) is 0.237. The largest absolute Gasteiger partial charge is 0.495 e. The van der Waals surface area contributed by atoms with Crippen LogP contribution in [-0.4, -0.2) is 23.9 Å². The van der Waals surface area contributed by atoms with E-state index in [2.05, 4.69) is 20.8 Å². The molecule has 26 heavy (non-hydrogen) atoms. The van der Waals surface area contributed by atoms with Crippen molar-refractivity contribution in [3.8, 4) is 5.75 Å².